The molecule has 6 nitrogen and oxygen atoms in total. The number of hydrogen-bond donors (Lipinski definition) is 1. The van der Waals surface area contributed by atoms with E-state index in [2.05, 4.69) is 15.3 Å². The topological polar surface area (TPSA) is 73.3 Å². The summed E-state index contributed by atoms with van der Waals surface area (Å²) >= 11 is 0. The van der Waals surface area contributed by atoms with Crippen molar-refractivity contribution < 1.29 is 14.3 Å². The highest BCUT2D eigenvalue weighted by atomic mass is 16.5. The second-order valence-electron chi connectivity index (χ2n) is 5.43. The second kappa shape index (κ2) is 7.19. The van der Waals surface area contributed by atoms with Crippen molar-refractivity contribution in [2.75, 3.05) is 18.5 Å². The first-order valence-corrected chi connectivity index (χ1v) is 7.66. The van der Waals surface area contributed by atoms with E-state index in [1.807, 2.05) is 19.1 Å². The van der Waals surface area contributed by atoms with Crippen LogP contribution >= 0.6 is 0 Å². The Labute approximate surface area is 134 Å². The van der Waals surface area contributed by atoms with E-state index in [1.54, 1.807) is 24.4 Å². The van der Waals surface area contributed by atoms with Gasteiger partial charge in [0, 0.05) is 36.9 Å². The van der Waals surface area contributed by atoms with Crippen molar-refractivity contribution in [3.8, 4) is 5.75 Å². The van der Waals surface area contributed by atoms with Crippen LogP contribution in [0.15, 0.2) is 36.5 Å². The molecule has 1 saturated heterocycles. The summed E-state index contributed by atoms with van der Waals surface area (Å²) in [5.74, 6) is 0.854. The van der Waals surface area contributed by atoms with Gasteiger partial charge in [-0.05, 0) is 19.1 Å². The number of hydrogen-bond acceptors (Lipinski definition) is 5. The minimum Gasteiger partial charge on any atom is -0.490 e. The predicted molar refractivity (Wildman–Crippen MR) is 85.6 cm³/mol. The molecule has 0 unspecified atom stereocenters. The number of ether oxygens (including phenoxy) is 2. The summed E-state index contributed by atoms with van der Waals surface area (Å²) in [5.41, 5.74) is 1.05. The maximum absolute atomic E-state index is 12.3. The van der Waals surface area contributed by atoms with Crippen LogP contribution in [0.2, 0.25) is 0 Å². The average Bonchev–Trinajstić information content (AvgIpc) is 2.56. The normalized spacial score (nSPS) is 15.2. The van der Waals surface area contributed by atoms with Crippen molar-refractivity contribution in [2.24, 2.45) is 0 Å². The molecule has 0 aliphatic carbocycles. The van der Waals surface area contributed by atoms with Crippen LogP contribution in [0.4, 0.5) is 5.82 Å². The molecule has 120 valence electrons. The molecule has 0 radical (unpaired) electrons. The summed E-state index contributed by atoms with van der Waals surface area (Å²) in [7, 11) is 0. The fourth-order valence-electron chi connectivity index (χ4n) is 2.42. The SMILES string of the molecule is Cc1cc(OC2CCOCC2)cc(C(=O)Nc2ccccn2)n1. The monoisotopic (exact) mass is 313 g/mol. The van der Waals surface area contributed by atoms with E-state index in [0.29, 0.717) is 30.5 Å². The van der Waals surface area contributed by atoms with Crippen LogP contribution in [0.1, 0.15) is 29.0 Å². The molecule has 1 fully saturated rings. The highest BCUT2D eigenvalue weighted by Gasteiger charge is 2.17. The Balaban J connectivity index is 1.72. The molecule has 0 bridgehead atoms. The molecular weight excluding hydrogens is 294 g/mol. The summed E-state index contributed by atoms with van der Waals surface area (Å²) in [5, 5.41) is 2.73. The van der Waals surface area contributed by atoms with Crippen LogP contribution in [0.25, 0.3) is 0 Å². The molecule has 6 heteroatoms. The molecule has 1 amide bonds. The number of nitrogens with zero attached hydrogens (tertiary/aromatic N) is 2. The van der Waals surface area contributed by atoms with Crippen LogP contribution in [0, 0.1) is 6.92 Å². The Kier molecular flexibility index (Phi) is 4.83. The maximum atomic E-state index is 12.3. The fraction of sp³-hybridized carbons (Fsp3) is 0.353. The Hall–Kier alpha value is -2.47. The summed E-state index contributed by atoms with van der Waals surface area (Å²) in [4.78, 5) is 20.7. The lowest BCUT2D eigenvalue weighted by molar-refractivity contribution is 0.0255. The van der Waals surface area contributed by atoms with Crippen LogP contribution in [0.5, 0.6) is 5.75 Å². The number of nitrogens with one attached hydrogen (secondary N) is 1. The lowest BCUT2D eigenvalue weighted by atomic mass is 10.1. The molecule has 1 N–H and O–H groups in total. The second-order valence-corrected chi connectivity index (χ2v) is 5.43. The molecule has 2 aromatic heterocycles. The van der Waals surface area contributed by atoms with E-state index in [0.717, 1.165) is 18.5 Å². The van der Waals surface area contributed by atoms with Gasteiger partial charge in [-0.3, -0.25) is 4.79 Å². The predicted octanol–water partition coefficient (Wildman–Crippen LogP) is 2.60. The standard InChI is InChI=1S/C17H19N3O3/c1-12-10-14(23-13-5-8-22-9-6-13)11-15(19-12)17(21)20-16-4-2-3-7-18-16/h2-4,7,10-11,13H,5-6,8-9H2,1H3,(H,18,20,21). The van der Waals surface area contributed by atoms with Crippen LogP contribution in [-0.2, 0) is 4.74 Å². The quantitative estimate of drug-likeness (QED) is 0.939. The third-order valence-electron chi connectivity index (χ3n) is 3.54. The minimum atomic E-state index is -0.302. The number of amides is 1. The minimum absolute atomic E-state index is 0.122. The highest BCUT2D eigenvalue weighted by Crippen LogP contribution is 2.20. The third kappa shape index (κ3) is 4.26. The summed E-state index contributed by atoms with van der Waals surface area (Å²) in [6.07, 6.45) is 3.46. The molecule has 1 aliphatic heterocycles. The third-order valence-corrected chi connectivity index (χ3v) is 3.54. The first-order chi connectivity index (χ1) is 11.2. The zero-order valence-electron chi connectivity index (χ0n) is 13.0. The molecule has 0 aromatic carbocycles. The van der Waals surface area contributed by atoms with Crippen LogP contribution in [0.3, 0.4) is 0 Å². The zero-order valence-corrected chi connectivity index (χ0v) is 13.0. The first kappa shape index (κ1) is 15.4. The number of rotatable bonds is 4. The number of aryl methyl sites for hydroxylation is 1. The number of carbonyl (C=O) groups is 1. The lowest BCUT2D eigenvalue weighted by Gasteiger charge is -2.23. The van der Waals surface area contributed by atoms with Gasteiger partial charge in [0.25, 0.3) is 5.91 Å². The number of pyridine rings is 2. The van der Waals surface area contributed by atoms with Crippen LogP contribution in [-0.4, -0.2) is 35.2 Å². The van der Waals surface area contributed by atoms with Crippen molar-refractivity contribution in [3.63, 3.8) is 0 Å². The van der Waals surface area contributed by atoms with Gasteiger partial charge in [-0.15, -0.1) is 0 Å². The van der Waals surface area contributed by atoms with Gasteiger partial charge in [0.05, 0.1) is 13.2 Å². The maximum Gasteiger partial charge on any atom is 0.275 e. The summed E-state index contributed by atoms with van der Waals surface area (Å²) in [6, 6.07) is 8.84. The molecule has 0 saturated carbocycles. The average molecular weight is 313 g/mol. The molecule has 0 atom stereocenters. The van der Waals surface area contributed by atoms with Gasteiger partial charge in [-0.2, -0.15) is 0 Å². The first-order valence-electron chi connectivity index (χ1n) is 7.66. The molecule has 2 aromatic rings. The molecule has 23 heavy (non-hydrogen) atoms. The van der Waals surface area contributed by atoms with Gasteiger partial charge in [0.1, 0.15) is 23.4 Å². The van der Waals surface area contributed by atoms with E-state index >= 15 is 0 Å². The van der Waals surface area contributed by atoms with Crippen molar-refractivity contribution in [2.45, 2.75) is 25.9 Å². The van der Waals surface area contributed by atoms with E-state index in [1.165, 1.54) is 0 Å². The number of aromatic nitrogens is 2. The Morgan fingerprint density at radius 3 is 2.87 bits per heavy atom. The molecule has 0 spiro atoms. The summed E-state index contributed by atoms with van der Waals surface area (Å²) in [6.45, 7) is 3.26. The van der Waals surface area contributed by atoms with Crippen molar-refractivity contribution in [1.82, 2.24) is 9.97 Å². The lowest BCUT2D eigenvalue weighted by Crippen LogP contribution is -2.26. The van der Waals surface area contributed by atoms with Gasteiger partial charge in [0.15, 0.2) is 0 Å². The fourth-order valence-corrected chi connectivity index (χ4v) is 2.42. The largest absolute Gasteiger partial charge is 0.490 e. The van der Waals surface area contributed by atoms with Crippen molar-refractivity contribution in [1.29, 1.82) is 0 Å². The molecule has 1 aliphatic rings. The summed E-state index contributed by atoms with van der Waals surface area (Å²) < 4.78 is 11.3. The Morgan fingerprint density at radius 1 is 1.30 bits per heavy atom. The van der Waals surface area contributed by atoms with Gasteiger partial charge < -0.3 is 14.8 Å². The smallest absolute Gasteiger partial charge is 0.275 e. The highest BCUT2D eigenvalue weighted by molar-refractivity contribution is 6.02. The van der Waals surface area contributed by atoms with E-state index < -0.39 is 0 Å². The van der Waals surface area contributed by atoms with Crippen molar-refractivity contribution in [3.05, 3.63) is 47.9 Å². The molecule has 3 heterocycles. The van der Waals surface area contributed by atoms with Gasteiger partial charge in [0.2, 0.25) is 0 Å². The Bertz CT molecular complexity index is 670. The molecular formula is C17H19N3O3. The van der Waals surface area contributed by atoms with Gasteiger partial charge in [-0.1, -0.05) is 6.07 Å². The molecule has 3 rings (SSSR count). The number of anilines is 1. The van der Waals surface area contributed by atoms with Crippen molar-refractivity contribution >= 4 is 11.7 Å². The van der Waals surface area contributed by atoms with Crippen LogP contribution < -0.4 is 10.1 Å². The van der Waals surface area contributed by atoms with Gasteiger partial charge in [-0.25, -0.2) is 9.97 Å². The van der Waals surface area contributed by atoms with E-state index in [-0.39, 0.29) is 12.0 Å². The van der Waals surface area contributed by atoms with E-state index in [4.69, 9.17) is 9.47 Å². The zero-order chi connectivity index (χ0) is 16.1. The van der Waals surface area contributed by atoms with E-state index in [9.17, 15) is 4.79 Å². The number of carbonyl (C=O) groups excluding carboxylic acids is 1. The Morgan fingerprint density at radius 2 is 2.13 bits per heavy atom. The van der Waals surface area contributed by atoms with Gasteiger partial charge >= 0.3 is 0 Å².